The van der Waals surface area contributed by atoms with Crippen molar-refractivity contribution in [2.45, 2.75) is 75.2 Å². The number of rotatable bonds is 8. The summed E-state index contributed by atoms with van der Waals surface area (Å²) in [5.41, 5.74) is 3.47. The smallest absolute Gasteiger partial charge is 0.313 e. The van der Waals surface area contributed by atoms with Gasteiger partial charge in [0.15, 0.2) is 5.78 Å². The molecule has 1 unspecified atom stereocenters. The largest absolute Gasteiger partial charge is 0.426 e. The predicted molar refractivity (Wildman–Crippen MR) is 154 cm³/mol. The molecule has 0 radical (unpaired) electrons. The van der Waals surface area contributed by atoms with Gasteiger partial charge in [-0.3, -0.25) is 19.2 Å². The third-order valence-electron chi connectivity index (χ3n) is 6.53. The first-order valence-electron chi connectivity index (χ1n) is 13.7. The van der Waals surface area contributed by atoms with E-state index in [4.69, 9.17) is 9.47 Å². The van der Waals surface area contributed by atoms with Gasteiger partial charge < -0.3 is 9.47 Å². The molecular weight excluding hydrogens is 492 g/mol. The van der Waals surface area contributed by atoms with Gasteiger partial charge in [-0.15, -0.1) is 0 Å². The summed E-state index contributed by atoms with van der Waals surface area (Å²) in [4.78, 5) is 48.3. The van der Waals surface area contributed by atoms with E-state index in [2.05, 4.69) is 0 Å². The minimum absolute atomic E-state index is 0.185. The number of ether oxygens (including phenoxy) is 2. The Balaban J connectivity index is 0.000000510. The van der Waals surface area contributed by atoms with Crippen LogP contribution in [0.1, 0.15) is 88.9 Å². The highest BCUT2D eigenvalue weighted by atomic mass is 16.5. The Morgan fingerprint density at radius 1 is 0.821 bits per heavy atom. The lowest BCUT2D eigenvalue weighted by molar-refractivity contribution is -0.138. The van der Waals surface area contributed by atoms with Crippen molar-refractivity contribution in [3.8, 4) is 11.5 Å². The Hall–Kier alpha value is -3.54. The quantitative estimate of drug-likeness (QED) is 0.263. The summed E-state index contributed by atoms with van der Waals surface area (Å²) >= 11 is 0. The van der Waals surface area contributed by atoms with Crippen LogP contribution in [-0.4, -0.2) is 23.5 Å². The molecule has 6 heteroatoms. The number of benzene rings is 2. The van der Waals surface area contributed by atoms with E-state index in [1.165, 1.54) is 0 Å². The average Bonchev–Trinajstić information content (AvgIpc) is 2.88. The monoisotopic (exact) mass is 534 g/mol. The van der Waals surface area contributed by atoms with Crippen molar-refractivity contribution in [3.05, 3.63) is 64.7 Å². The number of hydrogen-bond donors (Lipinski definition) is 0. The molecule has 1 atom stereocenters. The molecule has 2 aromatic rings. The normalized spacial score (nSPS) is 13.3. The van der Waals surface area contributed by atoms with Crippen LogP contribution in [0.5, 0.6) is 11.5 Å². The molecule has 0 fully saturated rings. The van der Waals surface area contributed by atoms with Crippen LogP contribution in [0.15, 0.2) is 42.5 Å². The highest BCUT2D eigenvalue weighted by molar-refractivity contribution is 6.31. The molecule has 2 aromatic carbocycles. The highest BCUT2D eigenvalue weighted by Gasteiger charge is 2.27. The zero-order chi connectivity index (χ0) is 29.4. The first-order valence-corrected chi connectivity index (χ1v) is 13.7. The van der Waals surface area contributed by atoms with E-state index in [-0.39, 0.29) is 41.4 Å². The van der Waals surface area contributed by atoms with E-state index >= 15 is 0 Å². The zero-order valence-corrected chi connectivity index (χ0v) is 24.7. The maximum atomic E-state index is 13.3. The van der Waals surface area contributed by atoms with Gasteiger partial charge in [-0.25, -0.2) is 0 Å². The van der Waals surface area contributed by atoms with Crippen LogP contribution < -0.4 is 9.47 Å². The average molecular weight is 535 g/mol. The van der Waals surface area contributed by atoms with Crippen LogP contribution in [0.2, 0.25) is 0 Å². The summed E-state index contributed by atoms with van der Waals surface area (Å²) in [6.07, 6.45) is 3.42. The molecule has 0 saturated carbocycles. The van der Waals surface area contributed by atoms with Gasteiger partial charge in [0.05, 0.1) is 17.4 Å². The Kier molecular flexibility index (Phi) is 11.4. The lowest BCUT2D eigenvalue weighted by Crippen LogP contribution is -2.19. The van der Waals surface area contributed by atoms with Crippen molar-refractivity contribution in [2.24, 2.45) is 23.7 Å². The molecule has 1 aliphatic rings. The molecular formula is C33H42O6. The van der Waals surface area contributed by atoms with Crippen LogP contribution in [-0.2, 0) is 20.8 Å². The highest BCUT2D eigenvalue weighted by Crippen LogP contribution is 2.35. The fraction of sp³-hybridized carbons (Fsp3) is 0.455. The Morgan fingerprint density at radius 3 is 1.87 bits per heavy atom. The van der Waals surface area contributed by atoms with Crippen LogP contribution in [0.4, 0.5) is 0 Å². The van der Waals surface area contributed by atoms with Crippen LogP contribution in [0.3, 0.4) is 0 Å². The van der Waals surface area contributed by atoms with Gasteiger partial charge in [0.2, 0.25) is 0 Å². The molecule has 0 aromatic heterocycles. The molecule has 0 spiro atoms. The third kappa shape index (κ3) is 8.47. The number of carbonyl (C=O) groups is 4. The van der Waals surface area contributed by atoms with Crippen molar-refractivity contribution < 1.29 is 28.7 Å². The maximum absolute atomic E-state index is 13.3. The topological polar surface area (TPSA) is 86.7 Å². The van der Waals surface area contributed by atoms with Crippen molar-refractivity contribution >= 4 is 29.1 Å². The number of carbonyl (C=O) groups excluding carboxylic acids is 4. The zero-order valence-electron chi connectivity index (χ0n) is 24.7. The number of aryl methyl sites for hydroxylation is 1. The van der Waals surface area contributed by atoms with Gasteiger partial charge >= 0.3 is 11.9 Å². The predicted octanol–water partition coefficient (Wildman–Crippen LogP) is 7.20. The third-order valence-corrected chi connectivity index (χ3v) is 6.53. The minimum atomic E-state index is -0.372. The summed E-state index contributed by atoms with van der Waals surface area (Å²) in [5, 5.41) is 0. The second-order valence-electron chi connectivity index (χ2n) is 11.0. The molecule has 1 aliphatic carbocycles. The number of hydrogen-bond acceptors (Lipinski definition) is 6. The Labute approximate surface area is 232 Å². The number of Topliss-reactive ketones (excluding diaryl/α,β-unsaturated/α-hetero) is 2. The molecule has 3 rings (SSSR count). The number of allylic oxidation sites excluding steroid dienone is 2. The van der Waals surface area contributed by atoms with Gasteiger partial charge in [0, 0.05) is 17.4 Å². The van der Waals surface area contributed by atoms with Crippen molar-refractivity contribution in [3.63, 3.8) is 0 Å². The molecule has 0 heterocycles. The summed E-state index contributed by atoms with van der Waals surface area (Å²) in [6, 6.07) is 10.5. The SMILES string of the molecule is CCC(C)C(=O)C(C)C.Cc1cc2c(c(OC(=O)C(C)C)c1)C(=O)C(c1ccc(OC(=O)C(C)C)cc1)=CC2. The fourth-order valence-corrected chi connectivity index (χ4v) is 3.95. The summed E-state index contributed by atoms with van der Waals surface area (Å²) < 4.78 is 10.8. The van der Waals surface area contributed by atoms with E-state index in [0.29, 0.717) is 34.8 Å². The lowest BCUT2D eigenvalue weighted by Gasteiger charge is -2.20. The molecule has 0 N–H and O–H groups in total. The van der Waals surface area contributed by atoms with Gasteiger partial charge in [0.1, 0.15) is 17.3 Å². The number of esters is 2. The number of ketones is 2. The van der Waals surface area contributed by atoms with Gasteiger partial charge in [-0.1, -0.05) is 79.7 Å². The van der Waals surface area contributed by atoms with Gasteiger partial charge in [0.25, 0.3) is 0 Å². The van der Waals surface area contributed by atoms with Crippen molar-refractivity contribution in [1.29, 1.82) is 0 Å². The minimum Gasteiger partial charge on any atom is -0.426 e. The summed E-state index contributed by atoms with van der Waals surface area (Å²) in [7, 11) is 0. The molecule has 6 nitrogen and oxygen atoms in total. The van der Waals surface area contributed by atoms with Crippen molar-refractivity contribution in [1.82, 2.24) is 0 Å². The summed E-state index contributed by atoms with van der Waals surface area (Å²) in [6.45, 7) is 16.9. The standard InChI is InChI=1S/C25H26O5.C8H16O/c1-14(2)24(27)29-19-9-6-17(7-10-19)20-11-8-18-12-16(5)13-21(22(18)23(20)26)30-25(28)15(3)4;1-5-7(4)8(9)6(2)3/h6-7,9-15H,8H2,1-5H3;6-7H,5H2,1-4H3. The maximum Gasteiger partial charge on any atom is 0.313 e. The van der Waals surface area contributed by atoms with E-state index in [9.17, 15) is 19.2 Å². The lowest BCUT2D eigenvalue weighted by atomic mass is 9.85. The second kappa shape index (κ2) is 14.0. The molecule has 210 valence electrons. The second-order valence-corrected chi connectivity index (χ2v) is 11.0. The van der Waals surface area contributed by atoms with E-state index in [0.717, 1.165) is 23.1 Å². The van der Waals surface area contributed by atoms with E-state index in [1.807, 2.05) is 46.8 Å². The molecule has 0 saturated heterocycles. The summed E-state index contributed by atoms with van der Waals surface area (Å²) in [5.74, 6) is 0.206. The van der Waals surface area contributed by atoms with E-state index < -0.39 is 0 Å². The molecule has 0 aliphatic heterocycles. The van der Waals surface area contributed by atoms with Gasteiger partial charge in [-0.05, 0) is 54.7 Å². The van der Waals surface area contributed by atoms with Crippen molar-refractivity contribution in [2.75, 3.05) is 0 Å². The van der Waals surface area contributed by atoms with E-state index in [1.54, 1.807) is 58.0 Å². The molecule has 0 amide bonds. The van der Waals surface area contributed by atoms with Crippen LogP contribution in [0.25, 0.3) is 5.57 Å². The Morgan fingerprint density at radius 2 is 1.38 bits per heavy atom. The fourth-order valence-electron chi connectivity index (χ4n) is 3.95. The van der Waals surface area contributed by atoms with Crippen LogP contribution >= 0.6 is 0 Å². The first-order chi connectivity index (χ1) is 18.3. The van der Waals surface area contributed by atoms with Gasteiger partial charge in [-0.2, -0.15) is 0 Å². The Bertz CT molecular complexity index is 1230. The van der Waals surface area contributed by atoms with Crippen LogP contribution in [0, 0.1) is 30.6 Å². The first kappa shape index (κ1) is 31.7. The molecule has 0 bridgehead atoms. The number of fused-ring (bicyclic) bond motifs is 1. The molecule has 39 heavy (non-hydrogen) atoms.